The van der Waals surface area contributed by atoms with Gasteiger partial charge in [-0.1, -0.05) is 56.3 Å². The van der Waals surface area contributed by atoms with Gasteiger partial charge in [0.1, 0.15) is 11.2 Å². The van der Waals surface area contributed by atoms with Crippen molar-refractivity contribution in [3.8, 4) is 10.4 Å². The summed E-state index contributed by atoms with van der Waals surface area (Å²) in [5.41, 5.74) is 0.283. The molecule has 1 saturated heterocycles. The Bertz CT molecular complexity index is 1620. The number of carbonyl (C=O) groups is 1. The van der Waals surface area contributed by atoms with Crippen molar-refractivity contribution in [1.82, 2.24) is 24.2 Å². The molecule has 1 amide bonds. The highest BCUT2D eigenvalue weighted by atomic mass is 32.2. The lowest BCUT2D eigenvalue weighted by atomic mass is 9.79. The Kier molecular flexibility index (Phi) is 7.43. The maximum Gasteiger partial charge on any atom is 0.407 e. The molecule has 1 fully saturated rings. The van der Waals surface area contributed by atoms with Crippen molar-refractivity contribution in [3.63, 3.8) is 0 Å². The number of carboxylic acid groups (broad SMARTS) is 1. The molecule has 4 heterocycles. The number of benzene rings is 1. The first-order chi connectivity index (χ1) is 18.6. The largest absolute Gasteiger partial charge is 0.465 e. The maximum absolute atomic E-state index is 14.1. The fraction of sp³-hybridized carbons (Fsp3) is 0.444. The van der Waals surface area contributed by atoms with Crippen LogP contribution in [0.2, 0.25) is 0 Å². The first-order valence-corrected chi connectivity index (χ1v) is 14.9. The van der Waals surface area contributed by atoms with Crippen LogP contribution in [0.5, 0.6) is 0 Å². The lowest BCUT2D eigenvalue weighted by Crippen LogP contribution is -2.54. The molecule has 1 aromatic carbocycles. The summed E-state index contributed by atoms with van der Waals surface area (Å²) < 4.78 is 8.76. The molecule has 0 saturated carbocycles. The topological polar surface area (TPSA) is 123 Å². The summed E-state index contributed by atoms with van der Waals surface area (Å²) in [6.45, 7) is 6.21. The van der Waals surface area contributed by atoms with E-state index in [1.807, 2.05) is 63.4 Å². The molecule has 4 aromatic rings. The van der Waals surface area contributed by atoms with Gasteiger partial charge in [0.2, 0.25) is 5.89 Å². The summed E-state index contributed by atoms with van der Waals surface area (Å²) in [5, 5.41) is 13.8. The molecule has 1 aliphatic rings. The first-order valence-electron chi connectivity index (χ1n) is 12.7. The van der Waals surface area contributed by atoms with Crippen LogP contribution in [0.25, 0.3) is 20.7 Å². The fourth-order valence-corrected chi connectivity index (χ4v) is 6.77. The minimum absolute atomic E-state index is 0.0264. The normalized spacial score (nSPS) is 18.1. The number of thiophene rings is 1. The second-order valence-electron chi connectivity index (χ2n) is 10.8. The van der Waals surface area contributed by atoms with Crippen LogP contribution in [-0.4, -0.2) is 54.2 Å². The molecule has 2 atom stereocenters. The van der Waals surface area contributed by atoms with Gasteiger partial charge in [0.05, 0.1) is 11.3 Å². The van der Waals surface area contributed by atoms with Crippen LogP contribution < -0.4 is 11.2 Å². The molecule has 0 bridgehead atoms. The van der Waals surface area contributed by atoms with Crippen LogP contribution in [0.15, 0.2) is 50.5 Å². The van der Waals surface area contributed by atoms with Crippen molar-refractivity contribution in [2.24, 2.45) is 5.41 Å². The number of amides is 1. The third-order valence-electron chi connectivity index (χ3n) is 7.17. The van der Waals surface area contributed by atoms with Crippen molar-refractivity contribution in [2.45, 2.75) is 58.0 Å². The number of likely N-dealkylation sites (tertiary alicyclic amines) is 1. The minimum atomic E-state index is -0.989. The molecule has 2 unspecified atom stereocenters. The standard InChI is InChI=1S/C27H31N5O5S2/c1-27(2,3)20-12-17(10-11-30(20)26(35)36)32-24(33)23-18(13-19(39-23)16-8-6-5-7-9-16)31(25(32)34)14-22-28-21(15-38-4)29-37-22/h5-9,13,17,20H,10-12,14-15H2,1-4H3,(H,35,36). The molecule has 0 spiro atoms. The van der Waals surface area contributed by atoms with Gasteiger partial charge in [0, 0.05) is 23.5 Å². The fourth-order valence-electron chi connectivity index (χ4n) is 5.29. The van der Waals surface area contributed by atoms with E-state index in [-0.39, 0.29) is 36.0 Å². The summed E-state index contributed by atoms with van der Waals surface area (Å²) in [6.07, 6.45) is 1.69. The van der Waals surface area contributed by atoms with Gasteiger partial charge in [-0.05, 0) is 36.1 Å². The van der Waals surface area contributed by atoms with Gasteiger partial charge >= 0.3 is 11.8 Å². The van der Waals surface area contributed by atoms with Crippen LogP contribution >= 0.6 is 23.1 Å². The molecule has 0 radical (unpaired) electrons. The smallest absolute Gasteiger partial charge is 0.407 e. The van der Waals surface area contributed by atoms with E-state index < -0.39 is 17.8 Å². The van der Waals surface area contributed by atoms with E-state index in [0.717, 1.165) is 10.4 Å². The lowest BCUT2D eigenvalue weighted by Gasteiger charge is -2.44. The number of hydrogen-bond donors (Lipinski definition) is 1. The molecule has 5 rings (SSSR count). The van der Waals surface area contributed by atoms with Gasteiger partial charge in [-0.3, -0.25) is 13.9 Å². The second-order valence-corrected chi connectivity index (χ2v) is 12.7. The zero-order chi connectivity index (χ0) is 27.9. The molecule has 206 valence electrons. The summed E-state index contributed by atoms with van der Waals surface area (Å²) >= 11 is 2.91. The molecular weight excluding hydrogens is 538 g/mol. The Labute approximate surface area is 233 Å². The zero-order valence-corrected chi connectivity index (χ0v) is 23.9. The van der Waals surface area contributed by atoms with Gasteiger partial charge in [0.25, 0.3) is 5.56 Å². The molecule has 1 N–H and O–H groups in total. The average Bonchev–Trinajstić information content (AvgIpc) is 3.54. The van der Waals surface area contributed by atoms with Crippen molar-refractivity contribution in [3.05, 3.63) is 69.0 Å². The zero-order valence-electron chi connectivity index (χ0n) is 22.3. The predicted octanol–water partition coefficient (Wildman–Crippen LogP) is 4.92. The monoisotopic (exact) mass is 569 g/mol. The third-order valence-corrected chi connectivity index (χ3v) is 8.88. The van der Waals surface area contributed by atoms with Crippen molar-refractivity contribution < 1.29 is 14.4 Å². The van der Waals surface area contributed by atoms with Gasteiger partial charge in [-0.2, -0.15) is 16.7 Å². The van der Waals surface area contributed by atoms with Gasteiger partial charge in [-0.25, -0.2) is 9.59 Å². The Morgan fingerprint density at radius 1 is 1.23 bits per heavy atom. The SMILES string of the molecule is CSCc1noc(Cn2c(=O)n(C3CCN(C(=O)O)C(C(C)(C)C)C3)c(=O)c3sc(-c4ccccc4)cc32)n1. The van der Waals surface area contributed by atoms with Crippen molar-refractivity contribution in [1.29, 1.82) is 0 Å². The van der Waals surface area contributed by atoms with E-state index in [2.05, 4.69) is 10.1 Å². The first kappa shape index (κ1) is 27.2. The quantitative estimate of drug-likeness (QED) is 0.347. The van der Waals surface area contributed by atoms with Crippen molar-refractivity contribution >= 4 is 39.4 Å². The number of hydrogen-bond acceptors (Lipinski definition) is 8. The van der Waals surface area contributed by atoms with Crippen LogP contribution in [-0.2, 0) is 12.3 Å². The van der Waals surface area contributed by atoms with Crippen LogP contribution in [0.3, 0.4) is 0 Å². The number of rotatable bonds is 6. The van der Waals surface area contributed by atoms with E-state index >= 15 is 0 Å². The van der Waals surface area contributed by atoms with Crippen LogP contribution in [0.1, 0.15) is 51.4 Å². The average molecular weight is 570 g/mol. The summed E-state index contributed by atoms with van der Waals surface area (Å²) in [7, 11) is 0. The van der Waals surface area contributed by atoms with E-state index in [1.165, 1.54) is 25.4 Å². The van der Waals surface area contributed by atoms with Crippen LogP contribution in [0.4, 0.5) is 4.79 Å². The van der Waals surface area contributed by atoms with E-state index in [9.17, 15) is 19.5 Å². The second kappa shape index (κ2) is 10.6. The summed E-state index contributed by atoms with van der Waals surface area (Å²) in [5.74, 6) is 1.41. The van der Waals surface area contributed by atoms with Gasteiger partial charge in [0.15, 0.2) is 5.82 Å². The number of piperidine rings is 1. The molecule has 0 aliphatic carbocycles. The lowest BCUT2D eigenvalue weighted by molar-refractivity contribution is 0.0414. The Morgan fingerprint density at radius 3 is 2.64 bits per heavy atom. The van der Waals surface area contributed by atoms with Gasteiger partial charge < -0.3 is 14.5 Å². The Morgan fingerprint density at radius 2 is 1.97 bits per heavy atom. The minimum Gasteiger partial charge on any atom is -0.465 e. The summed E-state index contributed by atoms with van der Waals surface area (Å²) in [4.78, 5) is 46.7. The number of thioether (sulfide) groups is 1. The van der Waals surface area contributed by atoms with Crippen LogP contribution in [0, 0.1) is 5.41 Å². The molecule has 39 heavy (non-hydrogen) atoms. The number of fused-ring (bicyclic) bond motifs is 1. The van der Waals surface area contributed by atoms with Crippen molar-refractivity contribution in [2.75, 3.05) is 12.8 Å². The molecule has 1 aliphatic heterocycles. The Balaban J connectivity index is 1.66. The van der Waals surface area contributed by atoms with E-state index in [1.54, 1.807) is 11.8 Å². The highest BCUT2D eigenvalue weighted by Gasteiger charge is 2.40. The van der Waals surface area contributed by atoms with E-state index in [0.29, 0.717) is 34.6 Å². The number of aromatic nitrogens is 4. The number of nitrogens with zero attached hydrogens (tertiary/aromatic N) is 5. The maximum atomic E-state index is 14.1. The highest BCUT2D eigenvalue weighted by molar-refractivity contribution is 7.97. The Hall–Kier alpha value is -3.38. The van der Waals surface area contributed by atoms with Gasteiger partial charge in [-0.15, -0.1) is 11.3 Å². The molecule has 12 heteroatoms. The summed E-state index contributed by atoms with van der Waals surface area (Å²) in [6, 6.07) is 10.8. The molecular formula is C27H31N5O5S2. The molecule has 3 aromatic heterocycles. The molecule has 10 nitrogen and oxygen atoms in total. The highest BCUT2D eigenvalue weighted by Crippen LogP contribution is 2.37. The predicted molar refractivity (Wildman–Crippen MR) is 153 cm³/mol. The van der Waals surface area contributed by atoms with E-state index in [4.69, 9.17) is 4.52 Å². The third kappa shape index (κ3) is 5.27.